The Balaban J connectivity index is 1.74. The topological polar surface area (TPSA) is 55.8 Å². The minimum absolute atomic E-state index is 0.220. The molecule has 146 valence electrons. The zero-order chi connectivity index (χ0) is 20.1. The quantitative estimate of drug-likeness (QED) is 0.593. The lowest BCUT2D eigenvalue weighted by Crippen LogP contribution is -2.26. The number of ether oxygens (including phenoxy) is 2. The predicted molar refractivity (Wildman–Crippen MR) is 111 cm³/mol. The smallest absolute Gasteiger partial charge is 0.264 e. The van der Waals surface area contributed by atoms with E-state index in [0.29, 0.717) is 23.8 Å². The van der Waals surface area contributed by atoms with Gasteiger partial charge >= 0.3 is 0 Å². The third-order valence-corrected chi connectivity index (χ3v) is 6.25. The van der Waals surface area contributed by atoms with E-state index in [1.807, 2.05) is 37.3 Å². The van der Waals surface area contributed by atoms with Crippen molar-refractivity contribution < 1.29 is 17.9 Å². The van der Waals surface area contributed by atoms with Crippen molar-refractivity contribution in [3.63, 3.8) is 0 Å². The number of hydrogen-bond donors (Lipinski definition) is 0. The molecule has 0 saturated carbocycles. The van der Waals surface area contributed by atoms with Gasteiger partial charge in [-0.3, -0.25) is 4.31 Å². The van der Waals surface area contributed by atoms with E-state index in [2.05, 4.69) is 0 Å². The molecular formula is C22H23NO4S. The van der Waals surface area contributed by atoms with E-state index in [9.17, 15) is 8.42 Å². The van der Waals surface area contributed by atoms with E-state index >= 15 is 0 Å². The Hall–Kier alpha value is -2.99. The van der Waals surface area contributed by atoms with Crippen LogP contribution in [-0.4, -0.2) is 22.6 Å². The largest absolute Gasteiger partial charge is 0.496 e. The summed E-state index contributed by atoms with van der Waals surface area (Å²) in [6.45, 7) is 2.27. The van der Waals surface area contributed by atoms with E-state index in [1.165, 1.54) is 11.4 Å². The average Bonchev–Trinajstić information content (AvgIpc) is 2.72. The average molecular weight is 397 g/mol. The molecule has 0 fully saturated rings. The highest BCUT2D eigenvalue weighted by Crippen LogP contribution is 2.27. The van der Waals surface area contributed by atoms with Crippen LogP contribution in [0, 0.1) is 6.92 Å². The third-order valence-electron chi connectivity index (χ3n) is 4.47. The Morgan fingerprint density at radius 3 is 2.21 bits per heavy atom. The molecule has 3 aromatic carbocycles. The summed E-state index contributed by atoms with van der Waals surface area (Å²) < 4.78 is 38.1. The van der Waals surface area contributed by atoms with Gasteiger partial charge in [-0.05, 0) is 60.5 Å². The van der Waals surface area contributed by atoms with Gasteiger partial charge in [0.25, 0.3) is 10.0 Å². The van der Waals surface area contributed by atoms with E-state index < -0.39 is 10.0 Å². The normalized spacial score (nSPS) is 11.1. The van der Waals surface area contributed by atoms with Crippen molar-refractivity contribution in [1.82, 2.24) is 0 Å². The van der Waals surface area contributed by atoms with Crippen molar-refractivity contribution >= 4 is 15.7 Å². The number of methoxy groups -OCH3 is 1. The fourth-order valence-corrected chi connectivity index (χ4v) is 4.08. The van der Waals surface area contributed by atoms with Crippen LogP contribution in [0.1, 0.15) is 11.1 Å². The Labute approximate surface area is 166 Å². The molecule has 0 amide bonds. The van der Waals surface area contributed by atoms with Crippen molar-refractivity contribution in [2.75, 3.05) is 18.5 Å². The standard InChI is InChI=1S/C22H23NO4S/c1-17-15-21(13-14-22(17)26-3)28(24,25)23(2)19-9-11-20(12-10-19)27-16-18-7-5-4-6-8-18/h4-15H,16H2,1-3H3. The molecule has 0 atom stereocenters. The number of aryl methyl sites for hydroxylation is 1. The zero-order valence-electron chi connectivity index (χ0n) is 16.1. The SMILES string of the molecule is COc1ccc(S(=O)(=O)N(C)c2ccc(OCc3ccccc3)cc2)cc1C. The molecule has 0 N–H and O–H groups in total. The van der Waals surface area contributed by atoms with Crippen molar-refractivity contribution in [2.45, 2.75) is 18.4 Å². The van der Waals surface area contributed by atoms with Crippen LogP contribution >= 0.6 is 0 Å². The molecule has 0 aromatic heterocycles. The molecule has 0 radical (unpaired) electrons. The summed E-state index contributed by atoms with van der Waals surface area (Å²) in [7, 11) is -0.575. The minimum Gasteiger partial charge on any atom is -0.496 e. The van der Waals surface area contributed by atoms with Crippen LogP contribution in [0.5, 0.6) is 11.5 Å². The monoisotopic (exact) mass is 397 g/mol. The lowest BCUT2D eigenvalue weighted by Gasteiger charge is -2.20. The van der Waals surface area contributed by atoms with Crippen LogP contribution < -0.4 is 13.8 Å². The first-order chi connectivity index (χ1) is 13.4. The molecule has 28 heavy (non-hydrogen) atoms. The molecule has 6 heteroatoms. The summed E-state index contributed by atoms with van der Waals surface area (Å²) in [6.07, 6.45) is 0. The molecule has 0 heterocycles. The van der Waals surface area contributed by atoms with Gasteiger partial charge in [0.05, 0.1) is 17.7 Å². The van der Waals surface area contributed by atoms with E-state index in [0.717, 1.165) is 11.1 Å². The highest BCUT2D eigenvalue weighted by atomic mass is 32.2. The van der Waals surface area contributed by atoms with Crippen molar-refractivity contribution in [3.05, 3.63) is 83.9 Å². The zero-order valence-corrected chi connectivity index (χ0v) is 16.9. The second-order valence-corrected chi connectivity index (χ2v) is 8.34. The minimum atomic E-state index is -3.67. The van der Waals surface area contributed by atoms with Gasteiger partial charge in [-0.25, -0.2) is 8.42 Å². The van der Waals surface area contributed by atoms with Crippen molar-refractivity contribution in [2.24, 2.45) is 0 Å². The first-order valence-electron chi connectivity index (χ1n) is 8.82. The maximum Gasteiger partial charge on any atom is 0.264 e. The third kappa shape index (κ3) is 4.28. The highest BCUT2D eigenvalue weighted by molar-refractivity contribution is 7.92. The van der Waals surface area contributed by atoms with Crippen LogP contribution in [-0.2, 0) is 16.6 Å². The van der Waals surface area contributed by atoms with Crippen LogP contribution in [0.3, 0.4) is 0 Å². The summed E-state index contributed by atoms with van der Waals surface area (Å²) in [5, 5.41) is 0. The van der Waals surface area contributed by atoms with E-state index in [-0.39, 0.29) is 4.90 Å². The second kappa shape index (κ2) is 8.35. The van der Waals surface area contributed by atoms with Gasteiger partial charge in [0.15, 0.2) is 0 Å². The molecule has 3 rings (SSSR count). The molecule has 3 aromatic rings. The van der Waals surface area contributed by atoms with Gasteiger partial charge < -0.3 is 9.47 Å². The molecular weight excluding hydrogens is 374 g/mol. The van der Waals surface area contributed by atoms with Crippen LogP contribution in [0.15, 0.2) is 77.7 Å². The predicted octanol–water partition coefficient (Wildman–Crippen LogP) is 4.41. The number of sulfonamides is 1. The van der Waals surface area contributed by atoms with Gasteiger partial charge in [0.2, 0.25) is 0 Å². The number of rotatable bonds is 7. The van der Waals surface area contributed by atoms with Crippen molar-refractivity contribution in [3.8, 4) is 11.5 Å². The van der Waals surface area contributed by atoms with Crippen LogP contribution in [0.4, 0.5) is 5.69 Å². The lowest BCUT2D eigenvalue weighted by molar-refractivity contribution is 0.306. The summed E-state index contributed by atoms with van der Waals surface area (Å²) in [5.41, 5.74) is 2.39. The molecule has 0 aliphatic rings. The number of nitrogens with zero attached hydrogens (tertiary/aromatic N) is 1. The highest BCUT2D eigenvalue weighted by Gasteiger charge is 2.22. The molecule has 0 aliphatic heterocycles. The maximum atomic E-state index is 12.9. The molecule has 0 saturated heterocycles. The first kappa shape index (κ1) is 19.8. The van der Waals surface area contributed by atoms with Crippen molar-refractivity contribution in [1.29, 1.82) is 0 Å². The molecule has 0 unspecified atom stereocenters. The number of hydrogen-bond acceptors (Lipinski definition) is 4. The molecule has 0 aliphatic carbocycles. The van der Waals surface area contributed by atoms with Crippen LogP contribution in [0.2, 0.25) is 0 Å². The Morgan fingerprint density at radius 2 is 1.61 bits per heavy atom. The molecule has 0 spiro atoms. The fraction of sp³-hybridized carbons (Fsp3) is 0.182. The van der Waals surface area contributed by atoms with Gasteiger partial charge in [0, 0.05) is 7.05 Å². The first-order valence-corrected chi connectivity index (χ1v) is 10.3. The van der Waals surface area contributed by atoms with E-state index in [1.54, 1.807) is 49.6 Å². The number of anilines is 1. The number of benzene rings is 3. The van der Waals surface area contributed by atoms with Gasteiger partial charge in [-0.15, -0.1) is 0 Å². The van der Waals surface area contributed by atoms with Gasteiger partial charge in [-0.2, -0.15) is 0 Å². The summed E-state index contributed by atoms with van der Waals surface area (Å²) in [6, 6.07) is 21.7. The summed E-state index contributed by atoms with van der Waals surface area (Å²) in [4.78, 5) is 0.220. The Bertz CT molecular complexity index is 1030. The Kier molecular flexibility index (Phi) is 5.90. The second-order valence-electron chi connectivity index (χ2n) is 6.37. The fourth-order valence-electron chi connectivity index (χ4n) is 2.80. The molecule has 5 nitrogen and oxygen atoms in total. The van der Waals surface area contributed by atoms with Gasteiger partial charge in [-0.1, -0.05) is 30.3 Å². The molecule has 0 bridgehead atoms. The summed E-state index contributed by atoms with van der Waals surface area (Å²) in [5.74, 6) is 1.33. The van der Waals surface area contributed by atoms with Gasteiger partial charge in [0.1, 0.15) is 18.1 Å². The van der Waals surface area contributed by atoms with Crippen LogP contribution in [0.25, 0.3) is 0 Å². The van der Waals surface area contributed by atoms with E-state index in [4.69, 9.17) is 9.47 Å². The lowest BCUT2D eigenvalue weighted by atomic mass is 10.2. The Morgan fingerprint density at radius 1 is 0.929 bits per heavy atom. The maximum absolute atomic E-state index is 12.9. The summed E-state index contributed by atoms with van der Waals surface area (Å²) >= 11 is 0.